The van der Waals surface area contributed by atoms with Gasteiger partial charge >= 0.3 is 5.97 Å². The maximum absolute atomic E-state index is 12.7. The summed E-state index contributed by atoms with van der Waals surface area (Å²) in [6.07, 6.45) is 1.44. The van der Waals surface area contributed by atoms with E-state index in [0.717, 1.165) is 5.01 Å². The number of anilines is 1. The summed E-state index contributed by atoms with van der Waals surface area (Å²) in [5.74, 6) is -0.882. The van der Waals surface area contributed by atoms with Crippen molar-refractivity contribution in [2.75, 3.05) is 25.3 Å². The van der Waals surface area contributed by atoms with Gasteiger partial charge < -0.3 is 14.2 Å². The number of esters is 1. The maximum atomic E-state index is 12.7. The van der Waals surface area contributed by atoms with Gasteiger partial charge in [0.1, 0.15) is 5.57 Å². The SMILES string of the molecule is CCOC(=O)COc1ccc(C=C2C(=O)NN(c3cccc(Cl)c3)C2=O)cc1OC. The molecule has 8 nitrogen and oxygen atoms in total. The summed E-state index contributed by atoms with van der Waals surface area (Å²) in [5.41, 5.74) is 3.46. The first kappa shape index (κ1) is 21.2. The molecule has 156 valence electrons. The van der Waals surface area contributed by atoms with Crippen molar-refractivity contribution in [1.82, 2.24) is 5.43 Å². The molecule has 0 aliphatic carbocycles. The zero-order valence-corrected chi connectivity index (χ0v) is 17.1. The Morgan fingerprint density at radius 3 is 2.67 bits per heavy atom. The quantitative estimate of drug-likeness (QED) is 0.412. The van der Waals surface area contributed by atoms with Crippen molar-refractivity contribution in [1.29, 1.82) is 0 Å². The smallest absolute Gasteiger partial charge is 0.344 e. The lowest BCUT2D eigenvalue weighted by atomic mass is 10.1. The minimum absolute atomic E-state index is 0.0442. The number of hydrogen-bond acceptors (Lipinski definition) is 6. The molecule has 2 aromatic carbocycles. The number of methoxy groups -OCH3 is 1. The van der Waals surface area contributed by atoms with E-state index in [9.17, 15) is 14.4 Å². The first-order valence-corrected chi connectivity index (χ1v) is 9.40. The van der Waals surface area contributed by atoms with Gasteiger partial charge in [-0.25, -0.2) is 9.80 Å². The zero-order valence-electron chi connectivity index (χ0n) is 16.3. The van der Waals surface area contributed by atoms with E-state index in [2.05, 4.69) is 5.43 Å². The monoisotopic (exact) mass is 430 g/mol. The van der Waals surface area contributed by atoms with Crippen LogP contribution in [0, 0.1) is 0 Å². The van der Waals surface area contributed by atoms with E-state index in [0.29, 0.717) is 27.8 Å². The van der Waals surface area contributed by atoms with Gasteiger partial charge in [0.15, 0.2) is 18.1 Å². The fraction of sp³-hybridized carbons (Fsp3) is 0.190. The third-order valence-corrected chi connectivity index (χ3v) is 4.34. The number of ether oxygens (including phenoxy) is 3. The Bertz CT molecular complexity index is 1020. The van der Waals surface area contributed by atoms with E-state index in [1.807, 2.05) is 0 Å². The molecule has 1 N–H and O–H groups in total. The number of rotatable bonds is 7. The second-order valence-electron chi connectivity index (χ2n) is 6.12. The van der Waals surface area contributed by atoms with Crippen LogP contribution in [0.1, 0.15) is 12.5 Å². The Balaban J connectivity index is 1.81. The second-order valence-corrected chi connectivity index (χ2v) is 6.56. The van der Waals surface area contributed by atoms with Gasteiger partial charge in [-0.15, -0.1) is 0 Å². The van der Waals surface area contributed by atoms with Gasteiger partial charge in [0.05, 0.1) is 19.4 Å². The molecule has 2 aromatic rings. The lowest BCUT2D eigenvalue weighted by Gasteiger charge is -2.14. The van der Waals surface area contributed by atoms with E-state index in [-0.39, 0.29) is 18.8 Å². The molecule has 2 amide bonds. The van der Waals surface area contributed by atoms with Crippen molar-refractivity contribution >= 4 is 41.1 Å². The first-order valence-electron chi connectivity index (χ1n) is 9.02. The van der Waals surface area contributed by atoms with Crippen molar-refractivity contribution in [2.24, 2.45) is 0 Å². The van der Waals surface area contributed by atoms with Crippen LogP contribution in [-0.2, 0) is 19.1 Å². The zero-order chi connectivity index (χ0) is 21.7. The van der Waals surface area contributed by atoms with Gasteiger partial charge in [0, 0.05) is 5.02 Å². The highest BCUT2D eigenvalue weighted by Gasteiger charge is 2.34. The molecular weight excluding hydrogens is 412 g/mol. The number of carbonyl (C=O) groups is 3. The topological polar surface area (TPSA) is 94.2 Å². The van der Waals surface area contributed by atoms with Crippen LogP contribution in [-0.4, -0.2) is 38.1 Å². The molecule has 1 aliphatic heterocycles. The predicted octanol–water partition coefficient (Wildman–Crippen LogP) is 2.75. The molecule has 0 aromatic heterocycles. The Labute approximate surface area is 177 Å². The van der Waals surface area contributed by atoms with Crippen LogP contribution in [0.3, 0.4) is 0 Å². The lowest BCUT2D eigenvalue weighted by Crippen LogP contribution is -2.35. The number of nitrogens with zero attached hydrogens (tertiary/aromatic N) is 1. The minimum atomic E-state index is -0.540. The normalized spacial score (nSPS) is 14.6. The van der Waals surface area contributed by atoms with Crippen LogP contribution in [0.4, 0.5) is 5.69 Å². The van der Waals surface area contributed by atoms with Crippen molar-refractivity contribution in [3.05, 3.63) is 58.6 Å². The summed E-state index contributed by atoms with van der Waals surface area (Å²) < 4.78 is 15.5. The van der Waals surface area contributed by atoms with Gasteiger partial charge in [0.2, 0.25) is 0 Å². The van der Waals surface area contributed by atoms with Crippen molar-refractivity contribution < 1.29 is 28.6 Å². The number of nitrogens with one attached hydrogen (secondary N) is 1. The number of carbonyl (C=O) groups excluding carboxylic acids is 3. The summed E-state index contributed by atoms with van der Waals surface area (Å²) in [5, 5.41) is 1.57. The van der Waals surface area contributed by atoms with Gasteiger partial charge in [-0.2, -0.15) is 0 Å². The van der Waals surface area contributed by atoms with Crippen LogP contribution < -0.4 is 19.9 Å². The fourth-order valence-corrected chi connectivity index (χ4v) is 2.94. The van der Waals surface area contributed by atoms with Crippen LogP contribution in [0.25, 0.3) is 6.08 Å². The van der Waals surface area contributed by atoms with Gasteiger partial charge in [0.25, 0.3) is 11.8 Å². The number of halogens is 1. The highest BCUT2D eigenvalue weighted by atomic mass is 35.5. The van der Waals surface area contributed by atoms with Crippen LogP contribution in [0.5, 0.6) is 11.5 Å². The molecule has 0 bridgehead atoms. The second kappa shape index (κ2) is 9.32. The Hall–Kier alpha value is -3.52. The molecular formula is C21H19ClN2O6. The van der Waals surface area contributed by atoms with Crippen LogP contribution >= 0.6 is 11.6 Å². The molecule has 0 saturated carbocycles. The summed E-state index contributed by atoms with van der Waals surface area (Å²) in [6, 6.07) is 11.4. The van der Waals surface area contributed by atoms with E-state index < -0.39 is 17.8 Å². The molecule has 0 radical (unpaired) electrons. The average Bonchev–Trinajstić information content (AvgIpc) is 3.01. The molecule has 30 heavy (non-hydrogen) atoms. The number of benzene rings is 2. The summed E-state index contributed by atoms with van der Waals surface area (Å²) >= 11 is 5.96. The Morgan fingerprint density at radius 2 is 1.97 bits per heavy atom. The Morgan fingerprint density at radius 1 is 1.17 bits per heavy atom. The van der Waals surface area contributed by atoms with Crippen LogP contribution in [0.15, 0.2) is 48.0 Å². The predicted molar refractivity (Wildman–Crippen MR) is 110 cm³/mol. The lowest BCUT2D eigenvalue weighted by molar-refractivity contribution is -0.145. The molecule has 1 saturated heterocycles. The van der Waals surface area contributed by atoms with Crippen molar-refractivity contribution in [2.45, 2.75) is 6.92 Å². The fourth-order valence-electron chi connectivity index (χ4n) is 2.75. The van der Waals surface area contributed by atoms with E-state index in [1.54, 1.807) is 49.4 Å². The third kappa shape index (κ3) is 4.72. The van der Waals surface area contributed by atoms with Gasteiger partial charge in [-0.3, -0.25) is 15.0 Å². The summed E-state index contributed by atoms with van der Waals surface area (Å²) in [4.78, 5) is 36.5. The summed E-state index contributed by atoms with van der Waals surface area (Å²) in [7, 11) is 1.44. The average molecular weight is 431 g/mol. The third-order valence-electron chi connectivity index (χ3n) is 4.11. The first-order chi connectivity index (χ1) is 14.4. The maximum Gasteiger partial charge on any atom is 0.344 e. The largest absolute Gasteiger partial charge is 0.493 e. The molecule has 1 fully saturated rings. The molecule has 0 atom stereocenters. The number of hydrogen-bond donors (Lipinski definition) is 1. The van der Waals surface area contributed by atoms with Crippen LogP contribution in [0.2, 0.25) is 5.02 Å². The van der Waals surface area contributed by atoms with Crippen molar-refractivity contribution in [3.63, 3.8) is 0 Å². The summed E-state index contributed by atoms with van der Waals surface area (Å²) in [6.45, 7) is 1.70. The van der Waals surface area contributed by atoms with Gasteiger partial charge in [-0.1, -0.05) is 23.7 Å². The molecule has 1 aliphatic rings. The van der Waals surface area contributed by atoms with E-state index in [4.69, 9.17) is 25.8 Å². The van der Waals surface area contributed by atoms with E-state index in [1.165, 1.54) is 13.2 Å². The van der Waals surface area contributed by atoms with Gasteiger partial charge in [-0.05, 0) is 48.9 Å². The Kier molecular flexibility index (Phi) is 6.58. The number of hydrazine groups is 1. The standard InChI is InChI=1S/C21H19ClN2O6/c1-3-29-19(25)12-30-17-8-7-13(10-18(17)28-2)9-16-20(26)23-24(21(16)27)15-6-4-5-14(22)11-15/h4-11H,3,12H2,1-2H3,(H,23,26). The minimum Gasteiger partial charge on any atom is -0.493 e. The molecule has 9 heteroatoms. The molecule has 1 heterocycles. The van der Waals surface area contributed by atoms with E-state index >= 15 is 0 Å². The highest BCUT2D eigenvalue weighted by Crippen LogP contribution is 2.30. The number of amides is 2. The highest BCUT2D eigenvalue weighted by molar-refractivity contribution is 6.33. The molecule has 0 unspecified atom stereocenters. The van der Waals surface area contributed by atoms with Crippen molar-refractivity contribution in [3.8, 4) is 11.5 Å². The molecule has 0 spiro atoms. The molecule has 3 rings (SSSR count).